The number of rotatable bonds is 6. The fourth-order valence-corrected chi connectivity index (χ4v) is 2.65. The Labute approximate surface area is 125 Å². The van der Waals surface area contributed by atoms with Gasteiger partial charge in [-0.25, -0.2) is 4.39 Å². The minimum absolute atomic E-state index is 0.0656. The highest BCUT2D eigenvalue weighted by atomic mass is 19.1. The first kappa shape index (κ1) is 15.9. The molecule has 5 heteroatoms. The van der Waals surface area contributed by atoms with E-state index in [0.717, 1.165) is 44.5 Å². The number of hydrogen-bond donors (Lipinski definition) is 2. The summed E-state index contributed by atoms with van der Waals surface area (Å²) in [4.78, 5) is 14.4. The van der Waals surface area contributed by atoms with Crippen LogP contribution in [-0.4, -0.2) is 42.2 Å². The summed E-state index contributed by atoms with van der Waals surface area (Å²) in [6.07, 6.45) is 2.52. The molecule has 0 unspecified atom stereocenters. The van der Waals surface area contributed by atoms with Crippen LogP contribution >= 0.6 is 0 Å². The topological polar surface area (TPSA) is 52.6 Å². The zero-order valence-electron chi connectivity index (χ0n) is 12.2. The van der Waals surface area contributed by atoms with E-state index in [2.05, 4.69) is 10.2 Å². The summed E-state index contributed by atoms with van der Waals surface area (Å²) >= 11 is 0. The van der Waals surface area contributed by atoms with E-state index in [1.54, 1.807) is 12.1 Å². The second kappa shape index (κ2) is 8.10. The molecule has 0 saturated carbocycles. The van der Waals surface area contributed by atoms with Gasteiger partial charge in [0.05, 0.1) is 0 Å². The molecule has 1 saturated heterocycles. The number of nitrogens with one attached hydrogen (secondary N) is 1. The fourth-order valence-electron chi connectivity index (χ4n) is 2.65. The molecule has 0 aromatic heterocycles. The van der Waals surface area contributed by atoms with Crippen molar-refractivity contribution >= 4 is 5.91 Å². The SMILES string of the molecule is O=C(NCc1ccc(F)cc1)C1CCN(CCCO)CC1. The largest absolute Gasteiger partial charge is 0.396 e. The monoisotopic (exact) mass is 294 g/mol. The number of amides is 1. The molecule has 2 N–H and O–H groups in total. The molecule has 4 nitrogen and oxygen atoms in total. The van der Waals surface area contributed by atoms with Crippen molar-refractivity contribution < 1.29 is 14.3 Å². The van der Waals surface area contributed by atoms with Crippen molar-refractivity contribution in [2.45, 2.75) is 25.8 Å². The lowest BCUT2D eigenvalue weighted by Crippen LogP contribution is -2.40. The summed E-state index contributed by atoms with van der Waals surface area (Å²) in [5.41, 5.74) is 0.908. The van der Waals surface area contributed by atoms with Crippen LogP contribution in [0.4, 0.5) is 4.39 Å². The van der Waals surface area contributed by atoms with Crippen molar-refractivity contribution in [2.24, 2.45) is 5.92 Å². The highest BCUT2D eigenvalue weighted by Gasteiger charge is 2.24. The Hall–Kier alpha value is -1.46. The summed E-state index contributed by atoms with van der Waals surface area (Å²) in [5.74, 6) is -0.114. The number of halogens is 1. The number of likely N-dealkylation sites (tertiary alicyclic amines) is 1. The number of nitrogens with zero attached hydrogens (tertiary/aromatic N) is 1. The van der Waals surface area contributed by atoms with Crippen LogP contribution in [0.5, 0.6) is 0 Å². The second-order valence-corrected chi connectivity index (χ2v) is 5.54. The van der Waals surface area contributed by atoms with Crippen LogP contribution in [0.15, 0.2) is 24.3 Å². The van der Waals surface area contributed by atoms with Gasteiger partial charge >= 0.3 is 0 Å². The second-order valence-electron chi connectivity index (χ2n) is 5.54. The highest BCUT2D eigenvalue weighted by molar-refractivity contribution is 5.78. The molecule has 1 amide bonds. The Kier molecular flexibility index (Phi) is 6.14. The van der Waals surface area contributed by atoms with Crippen molar-refractivity contribution in [3.63, 3.8) is 0 Å². The maximum absolute atomic E-state index is 12.8. The molecule has 1 fully saturated rings. The van der Waals surface area contributed by atoms with Crippen LogP contribution in [0.3, 0.4) is 0 Å². The van der Waals surface area contributed by atoms with Crippen LogP contribution < -0.4 is 5.32 Å². The van der Waals surface area contributed by atoms with Crippen LogP contribution in [0.2, 0.25) is 0 Å². The van der Waals surface area contributed by atoms with Crippen molar-refractivity contribution in [1.82, 2.24) is 10.2 Å². The third-order valence-corrected chi connectivity index (χ3v) is 3.97. The number of aliphatic hydroxyl groups is 1. The summed E-state index contributed by atoms with van der Waals surface area (Å²) in [5, 5.41) is 11.7. The third-order valence-electron chi connectivity index (χ3n) is 3.97. The maximum Gasteiger partial charge on any atom is 0.223 e. The Morgan fingerprint density at radius 3 is 2.57 bits per heavy atom. The number of carbonyl (C=O) groups is 1. The van der Waals surface area contributed by atoms with Crippen molar-refractivity contribution in [3.8, 4) is 0 Å². The number of benzene rings is 1. The molecule has 1 aliphatic rings. The van der Waals surface area contributed by atoms with Gasteiger partial charge in [0.15, 0.2) is 0 Å². The Morgan fingerprint density at radius 2 is 1.95 bits per heavy atom. The summed E-state index contributed by atoms with van der Waals surface area (Å²) in [7, 11) is 0. The lowest BCUT2D eigenvalue weighted by Gasteiger charge is -2.31. The molecule has 2 rings (SSSR count). The molecule has 0 spiro atoms. The Morgan fingerprint density at radius 1 is 1.29 bits per heavy atom. The predicted molar refractivity (Wildman–Crippen MR) is 79.1 cm³/mol. The van der Waals surface area contributed by atoms with Gasteiger partial charge in [-0.2, -0.15) is 0 Å². The molecule has 0 radical (unpaired) electrons. The first-order valence-electron chi connectivity index (χ1n) is 7.54. The molecule has 1 aromatic carbocycles. The lowest BCUT2D eigenvalue weighted by molar-refractivity contribution is -0.126. The summed E-state index contributed by atoms with van der Waals surface area (Å²) < 4.78 is 12.8. The molecule has 21 heavy (non-hydrogen) atoms. The molecule has 116 valence electrons. The predicted octanol–water partition coefficient (Wildman–Crippen LogP) is 1.54. The smallest absolute Gasteiger partial charge is 0.223 e. The van der Waals surface area contributed by atoms with Crippen LogP contribution in [0.1, 0.15) is 24.8 Å². The van der Waals surface area contributed by atoms with Crippen molar-refractivity contribution in [1.29, 1.82) is 0 Å². The van der Waals surface area contributed by atoms with E-state index in [9.17, 15) is 9.18 Å². The van der Waals surface area contributed by atoms with E-state index in [-0.39, 0.29) is 24.2 Å². The number of hydrogen-bond acceptors (Lipinski definition) is 3. The summed E-state index contributed by atoms with van der Waals surface area (Å²) in [6.45, 7) is 3.39. The molecule has 1 heterocycles. The average molecular weight is 294 g/mol. The number of carbonyl (C=O) groups excluding carboxylic acids is 1. The minimum atomic E-state index is -0.264. The third kappa shape index (κ3) is 5.10. The van der Waals surface area contributed by atoms with Crippen molar-refractivity contribution in [3.05, 3.63) is 35.6 Å². The molecule has 0 aliphatic carbocycles. The molecular weight excluding hydrogens is 271 g/mol. The molecule has 0 bridgehead atoms. The Bertz CT molecular complexity index is 442. The van der Waals surface area contributed by atoms with Gasteiger partial charge in [0.2, 0.25) is 5.91 Å². The zero-order chi connectivity index (χ0) is 15.1. The lowest BCUT2D eigenvalue weighted by atomic mass is 9.95. The van der Waals surface area contributed by atoms with Crippen molar-refractivity contribution in [2.75, 3.05) is 26.2 Å². The van der Waals surface area contributed by atoms with Crippen LogP contribution in [-0.2, 0) is 11.3 Å². The maximum atomic E-state index is 12.8. The zero-order valence-corrected chi connectivity index (χ0v) is 12.2. The Balaban J connectivity index is 1.71. The van der Waals surface area contributed by atoms with E-state index in [1.165, 1.54) is 12.1 Å². The minimum Gasteiger partial charge on any atom is -0.396 e. The average Bonchev–Trinajstić information content (AvgIpc) is 2.52. The molecule has 1 aromatic rings. The van der Waals surface area contributed by atoms with Gasteiger partial charge in [-0.15, -0.1) is 0 Å². The molecule has 0 atom stereocenters. The van der Waals surface area contributed by atoms with Gasteiger partial charge in [0.25, 0.3) is 0 Å². The fraction of sp³-hybridized carbons (Fsp3) is 0.562. The van der Waals surface area contributed by atoms with Gasteiger partial charge in [0, 0.05) is 25.6 Å². The van der Waals surface area contributed by atoms with E-state index in [4.69, 9.17) is 5.11 Å². The van der Waals surface area contributed by atoms with Gasteiger partial charge in [-0.3, -0.25) is 4.79 Å². The van der Waals surface area contributed by atoms with Crippen LogP contribution in [0, 0.1) is 11.7 Å². The first-order chi connectivity index (χ1) is 10.2. The molecular formula is C16H23FN2O2. The molecule has 1 aliphatic heterocycles. The highest BCUT2D eigenvalue weighted by Crippen LogP contribution is 2.17. The van der Waals surface area contributed by atoms with Gasteiger partial charge in [-0.1, -0.05) is 12.1 Å². The standard InChI is InChI=1S/C16H23FN2O2/c17-15-4-2-13(3-5-15)12-18-16(21)14-6-9-19(10-7-14)8-1-11-20/h2-5,14,20H,1,6-12H2,(H,18,21). The van der Waals surface area contributed by atoms with E-state index in [1.807, 2.05) is 0 Å². The number of piperidine rings is 1. The van der Waals surface area contributed by atoms with Crippen LogP contribution in [0.25, 0.3) is 0 Å². The normalized spacial score (nSPS) is 16.9. The van der Waals surface area contributed by atoms with Gasteiger partial charge in [-0.05, 0) is 50.0 Å². The quantitative estimate of drug-likeness (QED) is 0.837. The first-order valence-corrected chi connectivity index (χ1v) is 7.54. The number of aliphatic hydroxyl groups excluding tert-OH is 1. The van der Waals surface area contributed by atoms with E-state index >= 15 is 0 Å². The van der Waals surface area contributed by atoms with Gasteiger partial charge in [0.1, 0.15) is 5.82 Å². The van der Waals surface area contributed by atoms with E-state index in [0.29, 0.717) is 6.54 Å². The van der Waals surface area contributed by atoms with E-state index < -0.39 is 0 Å². The summed E-state index contributed by atoms with van der Waals surface area (Å²) in [6, 6.07) is 6.18. The van der Waals surface area contributed by atoms with Gasteiger partial charge < -0.3 is 15.3 Å².